The topological polar surface area (TPSA) is 136 Å². The van der Waals surface area contributed by atoms with Gasteiger partial charge < -0.3 is 4.74 Å². The number of benzene rings is 2. The fourth-order valence-corrected chi connectivity index (χ4v) is 5.10. The molecule has 0 bridgehead atoms. The number of rotatable bonds is 7. The van der Waals surface area contributed by atoms with Crippen molar-refractivity contribution in [1.82, 2.24) is 20.2 Å². The summed E-state index contributed by atoms with van der Waals surface area (Å²) < 4.78 is 30.7. The molecule has 0 unspecified atom stereocenters. The van der Waals surface area contributed by atoms with E-state index in [1.54, 1.807) is 31.4 Å². The van der Waals surface area contributed by atoms with Gasteiger partial charge >= 0.3 is 0 Å². The minimum absolute atomic E-state index is 0.329. The van der Waals surface area contributed by atoms with Gasteiger partial charge in [0.25, 0.3) is 5.91 Å². The van der Waals surface area contributed by atoms with E-state index in [1.165, 1.54) is 23.7 Å². The molecule has 12 heteroatoms. The summed E-state index contributed by atoms with van der Waals surface area (Å²) in [5.74, 6) is 0.227. The number of anilines is 2. The zero-order valence-corrected chi connectivity index (χ0v) is 21.3. The second-order valence-corrected chi connectivity index (χ2v) is 10.7. The molecule has 186 valence electrons. The van der Waals surface area contributed by atoms with E-state index in [0.717, 1.165) is 17.4 Å². The summed E-state index contributed by atoms with van der Waals surface area (Å²) >= 11 is 1.24. The second-order valence-electron chi connectivity index (χ2n) is 7.96. The van der Waals surface area contributed by atoms with E-state index in [2.05, 4.69) is 30.2 Å². The van der Waals surface area contributed by atoms with Crippen molar-refractivity contribution in [2.45, 2.75) is 0 Å². The van der Waals surface area contributed by atoms with Crippen LogP contribution < -0.4 is 14.8 Å². The number of aromatic nitrogens is 4. The highest BCUT2D eigenvalue weighted by molar-refractivity contribution is 7.92. The number of nitrogens with one attached hydrogen (secondary N) is 2. The summed E-state index contributed by atoms with van der Waals surface area (Å²) in [4.78, 5) is 23.0. The maximum absolute atomic E-state index is 13.2. The van der Waals surface area contributed by atoms with E-state index in [9.17, 15) is 13.2 Å². The third kappa shape index (κ3) is 5.39. The number of fused-ring (bicyclic) bond motifs is 1. The standard InChI is InChI=1S/C25H20N6O4S2/c1-35-22-6-4-3-5-17(22)18-13-26-27-14-19(18)23(32)30-25-29-21-12-11-20(28-24(21)36-25)15-7-9-16(10-8-15)31-37(2,33)34/h3-14,31H,1-2H3,(H,29,30,32). The van der Waals surface area contributed by atoms with Crippen LogP contribution in [0.5, 0.6) is 5.75 Å². The molecule has 0 aliphatic rings. The lowest BCUT2D eigenvalue weighted by Gasteiger charge is -2.11. The van der Waals surface area contributed by atoms with Gasteiger partial charge in [-0.2, -0.15) is 10.2 Å². The maximum atomic E-state index is 13.2. The number of para-hydroxylation sites is 1. The van der Waals surface area contributed by atoms with E-state index in [0.29, 0.717) is 43.7 Å². The molecule has 0 aliphatic carbocycles. The second kappa shape index (κ2) is 9.91. The first kappa shape index (κ1) is 24.3. The lowest BCUT2D eigenvalue weighted by Crippen LogP contribution is -2.14. The predicted molar refractivity (Wildman–Crippen MR) is 143 cm³/mol. The largest absolute Gasteiger partial charge is 0.496 e. The molecule has 0 saturated heterocycles. The number of amides is 1. The van der Waals surface area contributed by atoms with Crippen molar-refractivity contribution in [3.8, 4) is 28.1 Å². The molecule has 2 aromatic carbocycles. The van der Waals surface area contributed by atoms with Crippen molar-refractivity contribution in [2.24, 2.45) is 0 Å². The Balaban J connectivity index is 1.40. The van der Waals surface area contributed by atoms with Gasteiger partial charge in [0.05, 0.1) is 37.0 Å². The fourth-order valence-electron chi connectivity index (χ4n) is 3.70. The number of sulfonamides is 1. The average molecular weight is 533 g/mol. The summed E-state index contributed by atoms with van der Waals surface area (Å²) in [7, 11) is -1.79. The molecule has 0 fully saturated rings. The molecule has 2 N–H and O–H groups in total. The molecule has 3 aromatic heterocycles. The van der Waals surface area contributed by atoms with Crippen molar-refractivity contribution in [1.29, 1.82) is 0 Å². The monoisotopic (exact) mass is 532 g/mol. The smallest absolute Gasteiger partial charge is 0.259 e. The van der Waals surface area contributed by atoms with Crippen LogP contribution in [0.3, 0.4) is 0 Å². The van der Waals surface area contributed by atoms with Crippen LogP contribution in [0.2, 0.25) is 0 Å². The Hall–Kier alpha value is -4.42. The van der Waals surface area contributed by atoms with Gasteiger partial charge in [0.1, 0.15) is 16.1 Å². The molecule has 0 atom stereocenters. The molecule has 0 saturated carbocycles. The molecule has 0 aliphatic heterocycles. The van der Waals surface area contributed by atoms with Gasteiger partial charge in [0.15, 0.2) is 5.13 Å². The highest BCUT2D eigenvalue weighted by Crippen LogP contribution is 2.33. The lowest BCUT2D eigenvalue weighted by atomic mass is 10.0. The molecule has 0 spiro atoms. The van der Waals surface area contributed by atoms with Crippen LogP contribution in [-0.2, 0) is 10.0 Å². The Bertz CT molecular complexity index is 1720. The normalized spacial score (nSPS) is 11.3. The van der Waals surface area contributed by atoms with Gasteiger partial charge in [-0.1, -0.05) is 41.7 Å². The van der Waals surface area contributed by atoms with E-state index in [4.69, 9.17) is 4.74 Å². The first-order chi connectivity index (χ1) is 17.8. The maximum Gasteiger partial charge on any atom is 0.259 e. The first-order valence-electron chi connectivity index (χ1n) is 10.9. The van der Waals surface area contributed by atoms with Gasteiger partial charge in [-0.05, 0) is 30.3 Å². The number of thiazole rings is 1. The van der Waals surface area contributed by atoms with Crippen molar-refractivity contribution in [3.63, 3.8) is 0 Å². The fraction of sp³-hybridized carbons (Fsp3) is 0.0800. The molecular formula is C25H20N6O4S2. The molecule has 5 aromatic rings. The number of methoxy groups -OCH3 is 1. The Morgan fingerprint density at radius 1 is 0.919 bits per heavy atom. The molecular weight excluding hydrogens is 512 g/mol. The quantitative estimate of drug-likeness (QED) is 0.314. The van der Waals surface area contributed by atoms with Gasteiger partial charge in [0, 0.05) is 22.4 Å². The Labute approximate surface area is 216 Å². The Kier molecular flexibility index (Phi) is 6.51. The number of pyridine rings is 1. The first-order valence-corrected chi connectivity index (χ1v) is 13.6. The van der Waals surface area contributed by atoms with Crippen molar-refractivity contribution in [3.05, 3.63) is 78.6 Å². The molecule has 0 radical (unpaired) electrons. The van der Waals surface area contributed by atoms with E-state index in [1.807, 2.05) is 36.4 Å². The number of nitrogens with zero attached hydrogens (tertiary/aromatic N) is 4. The molecule has 37 heavy (non-hydrogen) atoms. The number of carbonyl (C=O) groups excluding carboxylic acids is 1. The summed E-state index contributed by atoms with van der Waals surface area (Å²) in [6, 6.07) is 17.9. The SMILES string of the molecule is COc1ccccc1-c1cnncc1C(=O)Nc1nc2ccc(-c3ccc(NS(C)(=O)=O)cc3)nc2s1. The van der Waals surface area contributed by atoms with E-state index >= 15 is 0 Å². The van der Waals surface area contributed by atoms with Crippen molar-refractivity contribution in [2.75, 3.05) is 23.4 Å². The highest BCUT2D eigenvalue weighted by atomic mass is 32.2. The third-order valence-corrected chi connectivity index (χ3v) is 6.82. The van der Waals surface area contributed by atoms with E-state index in [-0.39, 0.29) is 5.91 Å². The van der Waals surface area contributed by atoms with Crippen LogP contribution in [0.4, 0.5) is 10.8 Å². The summed E-state index contributed by atoms with van der Waals surface area (Å²) in [5.41, 5.74) is 4.24. The van der Waals surface area contributed by atoms with Gasteiger partial charge in [-0.3, -0.25) is 14.8 Å². The van der Waals surface area contributed by atoms with Crippen molar-refractivity contribution >= 4 is 48.4 Å². The summed E-state index contributed by atoms with van der Waals surface area (Å²) in [6.07, 6.45) is 4.03. The third-order valence-electron chi connectivity index (χ3n) is 5.33. The van der Waals surface area contributed by atoms with Gasteiger partial charge in [0.2, 0.25) is 10.0 Å². The van der Waals surface area contributed by atoms with Gasteiger partial charge in [-0.15, -0.1) is 0 Å². The van der Waals surface area contributed by atoms with Crippen LogP contribution >= 0.6 is 11.3 Å². The zero-order valence-electron chi connectivity index (χ0n) is 19.7. The predicted octanol–water partition coefficient (Wildman–Crippen LogP) is 4.45. The van der Waals surface area contributed by atoms with Crippen LogP contribution in [0.15, 0.2) is 73.1 Å². The average Bonchev–Trinajstić information content (AvgIpc) is 3.29. The lowest BCUT2D eigenvalue weighted by molar-refractivity contribution is 0.102. The zero-order chi connectivity index (χ0) is 26.0. The number of hydrogen-bond acceptors (Lipinski definition) is 9. The number of hydrogen-bond donors (Lipinski definition) is 2. The van der Waals surface area contributed by atoms with Gasteiger partial charge in [-0.25, -0.2) is 18.4 Å². The summed E-state index contributed by atoms with van der Waals surface area (Å²) in [6.45, 7) is 0. The minimum atomic E-state index is -3.35. The van der Waals surface area contributed by atoms with E-state index < -0.39 is 10.0 Å². The highest BCUT2D eigenvalue weighted by Gasteiger charge is 2.18. The minimum Gasteiger partial charge on any atom is -0.496 e. The number of carbonyl (C=O) groups is 1. The Morgan fingerprint density at radius 2 is 1.68 bits per heavy atom. The molecule has 1 amide bonds. The molecule has 10 nitrogen and oxygen atoms in total. The van der Waals surface area contributed by atoms with Crippen LogP contribution in [0, 0.1) is 0 Å². The van der Waals surface area contributed by atoms with Crippen LogP contribution in [-0.4, -0.2) is 47.9 Å². The number of ether oxygens (including phenoxy) is 1. The molecule has 3 heterocycles. The molecule has 5 rings (SSSR count). The Morgan fingerprint density at radius 3 is 2.43 bits per heavy atom. The van der Waals surface area contributed by atoms with Crippen LogP contribution in [0.1, 0.15) is 10.4 Å². The summed E-state index contributed by atoms with van der Waals surface area (Å²) in [5, 5.41) is 11.1. The van der Waals surface area contributed by atoms with Crippen molar-refractivity contribution < 1.29 is 17.9 Å². The van der Waals surface area contributed by atoms with Crippen LogP contribution in [0.25, 0.3) is 32.7 Å².